The summed E-state index contributed by atoms with van der Waals surface area (Å²) in [5, 5.41) is 6.58. The first-order chi connectivity index (χ1) is 12.3. The second kappa shape index (κ2) is 7.28. The van der Waals surface area contributed by atoms with Crippen molar-refractivity contribution >= 4 is 6.09 Å². The Balaban J connectivity index is 1.11. The van der Waals surface area contributed by atoms with E-state index in [2.05, 4.69) is 34.9 Å². The molecule has 2 aliphatic carbocycles. The Labute approximate surface area is 148 Å². The lowest BCUT2D eigenvalue weighted by atomic mass is 9.77. The summed E-state index contributed by atoms with van der Waals surface area (Å²) < 4.78 is 5.26. The van der Waals surface area contributed by atoms with Gasteiger partial charge in [-0.15, -0.1) is 0 Å². The SMILES string of the molecule is O=C(NC1CC(NCC2Cc3ccccc32)C1)OCc1ccccc1. The van der Waals surface area contributed by atoms with Crippen LogP contribution in [-0.4, -0.2) is 24.7 Å². The zero-order valence-corrected chi connectivity index (χ0v) is 14.3. The number of rotatable bonds is 6. The number of benzene rings is 2. The number of fused-ring (bicyclic) bond motifs is 1. The van der Waals surface area contributed by atoms with Crippen LogP contribution >= 0.6 is 0 Å². The third-order valence-electron chi connectivity index (χ3n) is 5.29. The number of carbonyl (C=O) groups excluding carboxylic acids is 1. The second-order valence-corrected chi connectivity index (χ2v) is 7.08. The first-order valence-electron chi connectivity index (χ1n) is 9.06. The summed E-state index contributed by atoms with van der Waals surface area (Å²) in [5.41, 5.74) is 3.99. The smallest absolute Gasteiger partial charge is 0.407 e. The number of hydrogen-bond acceptors (Lipinski definition) is 3. The molecule has 0 bridgehead atoms. The van der Waals surface area contributed by atoms with Crippen LogP contribution in [0.1, 0.15) is 35.4 Å². The lowest BCUT2D eigenvalue weighted by Crippen LogP contribution is -2.53. The minimum atomic E-state index is -0.319. The van der Waals surface area contributed by atoms with E-state index in [9.17, 15) is 4.79 Å². The van der Waals surface area contributed by atoms with Crippen molar-refractivity contribution in [3.63, 3.8) is 0 Å². The predicted octanol–water partition coefficient (Wildman–Crippen LogP) is 3.37. The largest absolute Gasteiger partial charge is 0.445 e. The number of alkyl carbamates (subject to hydrolysis) is 1. The van der Waals surface area contributed by atoms with Gasteiger partial charge in [-0.1, -0.05) is 54.6 Å². The first-order valence-corrected chi connectivity index (χ1v) is 9.06. The van der Waals surface area contributed by atoms with Crippen LogP contribution in [-0.2, 0) is 17.8 Å². The average Bonchev–Trinajstić information content (AvgIpc) is 2.59. The van der Waals surface area contributed by atoms with E-state index in [0.29, 0.717) is 18.6 Å². The molecule has 1 fully saturated rings. The summed E-state index contributed by atoms with van der Waals surface area (Å²) in [7, 11) is 0. The topological polar surface area (TPSA) is 50.4 Å². The highest BCUT2D eigenvalue weighted by molar-refractivity contribution is 5.67. The Morgan fingerprint density at radius 3 is 2.56 bits per heavy atom. The number of carbonyl (C=O) groups is 1. The predicted molar refractivity (Wildman–Crippen MR) is 97.5 cm³/mol. The second-order valence-electron chi connectivity index (χ2n) is 7.08. The molecule has 0 radical (unpaired) electrons. The molecule has 1 saturated carbocycles. The lowest BCUT2D eigenvalue weighted by Gasteiger charge is -2.38. The van der Waals surface area contributed by atoms with E-state index in [1.165, 1.54) is 17.5 Å². The molecule has 2 aliphatic rings. The molecule has 1 unspecified atom stereocenters. The van der Waals surface area contributed by atoms with E-state index in [1.807, 2.05) is 30.3 Å². The van der Waals surface area contributed by atoms with Crippen LogP contribution in [0.15, 0.2) is 54.6 Å². The highest BCUT2D eigenvalue weighted by atomic mass is 16.5. The van der Waals surface area contributed by atoms with E-state index < -0.39 is 0 Å². The van der Waals surface area contributed by atoms with Crippen LogP contribution in [0.4, 0.5) is 4.79 Å². The fourth-order valence-corrected chi connectivity index (χ4v) is 3.69. The standard InChI is InChI=1S/C21H24N2O2/c24-21(25-14-15-6-2-1-3-7-15)23-19-11-18(12-19)22-13-17-10-16-8-4-5-9-20(16)17/h1-9,17-19,22H,10-14H2,(H,23,24). The lowest BCUT2D eigenvalue weighted by molar-refractivity contribution is 0.125. The Morgan fingerprint density at radius 1 is 1.00 bits per heavy atom. The summed E-state index contributed by atoms with van der Waals surface area (Å²) in [4.78, 5) is 11.8. The molecule has 1 amide bonds. The van der Waals surface area contributed by atoms with Gasteiger partial charge in [-0.25, -0.2) is 4.79 Å². The van der Waals surface area contributed by atoms with Crippen molar-refractivity contribution in [2.75, 3.05) is 6.54 Å². The van der Waals surface area contributed by atoms with Crippen LogP contribution < -0.4 is 10.6 Å². The van der Waals surface area contributed by atoms with E-state index in [0.717, 1.165) is 24.9 Å². The molecule has 0 aliphatic heterocycles. The third-order valence-corrected chi connectivity index (χ3v) is 5.29. The monoisotopic (exact) mass is 336 g/mol. The molecule has 25 heavy (non-hydrogen) atoms. The molecule has 4 heteroatoms. The fourth-order valence-electron chi connectivity index (χ4n) is 3.69. The van der Waals surface area contributed by atoms with Crippen LogP contribution in [0.5, 0.6) is 0 Å². The van der Waals surface area contributed by atoms with Gasteiger partial charge in [0, 0.05) is 24.5 Å². The molecule has 2 aromatic carbocycles. The van der Waals surface area contributed by atoms with Gasteiger partial charge in [0.1, 0.15) is 6.61 Å². The van der Waals surface area contributed by atoms with Gasteiger partial charge in [0.2, 0.25) is 0 Å². The summed E-state index contributed by atoms with van der Waals surface area (Å²) >= 11 is 0. The van der Waals surface area contributed by atoms with Gasteiger partial charge in [-0.05, 0) is 36.0 Å². The van der Waals surface area contributed by atoms with Crippen LogP contribution in [0.3, 0.4) is 0 Å². The molecule has 4 rings (SSSR count). The normalized spacial score (nSPS) is 23.8. The van der Waals surface area contributed by atoms with Crippen LogP contribution in [0.25, 0.3) is 0 Å². The van der Waals surface area contributed by atoms with Crippen molar-refractivity contribution in [1.82, 2.24) is 10.6 Å². The maximum atomic E-state index is 11.8. The highest BCUT2D eigenvalue weighted by Gasteiger charge is 2.32. The molecule has 1 atom stereocenters. The number of nitrogens with one attached hydrogen (secondary N) is 2. The molecular formula is C21H24N2O2. The van der Waals surface area contributed by atoms with E-state index >= 15 is 0 Å². The molecule has 0 heterocycles. The Hall–Kier alpha value is -2.33. The van der Waals surface area contributed by atoms with Gasteiger partial charge in [0.15, 0.2) is 0 Å². The summed E-state index contributed by atoms with van der Waals surface area (Å²) in [6, 6.07) is 19.2. The number of hydrogen-bond donors (Lipinski definition) is 2. The molecule has 130 valence electrons. The zero-order valence-electron chi connectivity index (χ0n) is 14.3. The molecule has 2 aromatic rings. The molecule has 0 spiro atoms. The maximum Gasteiger partial charge on any atom is 0.407 e. The third kappa shape index (κ3) is 3.85. The molecule has 0 saturated heterocycles. The molecule has 4 nitrogen and oxygen atoms in total. The quantitative estimate of drug-likeness (QED) is 0.850. The van der Waals surface area contributed by atoms with Gasteiger partial charge in [-0.3, -0.25) is 0 Å². The van der Waals surface area contributed by atoms with E-state index in [4.69, 9.17) is 4.74 Å². The minimum Gasteiger partial charge on any atom is -0.445 e. The van der Waals surface area contributed by atoms with Crippen molar-refractivity contribution < 1.29 is 9.53 Å². The molecule has 0 aromatic heterocycles. The van der Waals surface area contributed by atoms with Gasteiger partial charge in [0.05, 0.1) is 0 Å². The average molecular weight is 336 g/mol. The maximum absolute atomic E-state index is 11.8. The van der Waals surface area contributed by atoms with Crippen molar-refractivity contribution in [3.05, 3.63) is 71.3 Å². The Bertz CT molecular complexity index is 726. The van der Waals surface area contributed by atoms with Gasteiger partial charge in [0.25, 0.3) is 0 Å². The van der Waals surface area contributed by atoms with Crippen molar-refractivity contribution in [2.24, 2.45) is 0 Å². The van der Waals surface area contributed by atoms with Gasteiger partial charge in [-0.2, -0.15) is 0 Å². The fraction of sp³-hybridized carbons (Fsp3) is 0.381. The van der Waals surface area contributed by atoms with Crippen LogP contribution in [0.2, 0.25) is 0 Å². The van der Waals surface area contributed by atoms with Crippen molar-refractivity contribution in [2.45, 2.75) is 43.9 Å². The van der Waals surface area contributed by atoms with Gasteiger partial charge >= 0.3 is 6.09 Å². The van der Waals surface area contributed by atoms with E-state index in [1.54, 1.807) is 0 Å². The molecule has 2 N–H and O–H groups in total. The number of amides is 1. The summed E-state index contributed by atoms with van der Waals surface area (Å²) in [6.45, 7) is 1.36. The summed E-state index contributed by atoms with van der Waals surface area (Å²) in [6.07, 6.45) is 2.83. The number of ether oxygens (including phenoxy) is 1. The Morgan fingerprint density at radius 2 is 1.76 bits per heavy atom. The van der Waals surface area contributed by atoms with E-state index in [-0.39, 0.29) is 12.1 Å². The van der Waals surface area contributed by atoms with Crippen molar-refractivity contribution in [1.29, 1.82) is 0 Å². The van der Waals surface area contributed by atoms with Gasteiger partial charge < -0.3 is 15.4 Å². The Kier molecular flexibility index (Phi) is 4.70. The first kappa shape index (κ1) is 16.2. The summed E-state index contributed by atoms with van der Waals surface area (Å²) in [5.74, 6) is 0.652. The van der Waals surface area contributed by atoms with Crippen molar-refractivity contribution in [3.8, 4) is 0 Å². The zero-order chi connectivity index (χ0) is 17.1. The minimum absolute atomic E-state index is 0.231. The highest BCUT2D eigenvalue weighted by Crippen LogP contribution is 2.34. The molecular weight excluding hydrogens is 312 g/mol. The van der Waals surface area contributed by atoms with Crippen LogP contribution in [0, 0.1) is 0 Å².